The number of carbonyl (C=O) groups is 4. The number of anilines is 1. The Hall–Kier alpha value is -5.29. The third-order valence-electron chi connectivity index (χ3n) is 8.05. The summed E-state index contributed by atoms with van der Waals surface area (Å²) in [5, 5.41) is 12.6. The molecular formula is C40H42F3NO7. The zero-order valence-electron chi connectivity index (χ0n) is 28.7. The second-order valence-corrected chi connectivity index (χ2v) is 11.5. The van der Waals surface area contributed by atoms with E-state index < -0.39 is 48.0 Å². The first-order chi connectivity index (χ1) is 24.5. The molecule has 0 bridgehead atoms. The molecule has 0 spiro atoms. The van der Waals surface area contributed by atoms with Gasteiger partial charge in [-0.05, 0) is 61.6 Å². The first-order valence-electron chi connectivity index (χ1n) is 16.4. The second kappa shape index (κ2) is 19.2. The Morgan fingerprint density at radius 1 is 0.941 bits per heavy atom. The summed E-state index contributed by atoms with van der Waals surface area (Å²) in [5.74, 6) is -5.92. The van der Waals surface area contributed by atoms with Crippen molar-refractivity contribution in [2.45, 2.75) is 45.5 Å². The smallest absolute Gasteiger partial charge is 0.330 e. The molecule has 2 aromatic carbocycles. The molecule has 8 nitrogen and oxygen atoms in total. The number of alkyl halides is 3. The Balaban J connectivity index is 0.000000304. The van der Waals surface area contributed by atoms with Crippen LogP contribution in [0.5, 0.6) is 0 Å². The van der Waals surface area contributed by atoms with Crippen molar-refractivity contribution in [1.82, 2.24) is 0 Å². The van der Waals surface area contributed by atoms with Crippen molar-refractivity contribution in [2.75, 3.05) is 31.8 Å². The van der Waals surface area contributed by atoms with E-state index in [1.165, 1.54) is 24.3 Å². The molecule has 0 saturated carbocycles. The van der Waals surface area contributed by atoms with Crippen molar-refractivity contribution < 1.29 is 46.9 Å². The highest BCUT2D eigenvalue weighted by molar-refractivity contribution is 6.06. The molecule has 2 aromatic rings. The number of rotatable bonds is 13. The van der Waals surface area contributed by atoms with Gasteiger partial charge >= 0.3 is 17.9 Å². The molecule has 4 rings (SSSR count). The molecule has 1 unspecified atom stereocenters. The zero-order chi connectivity index (χ0) is 37.4. The van der Waals surface area contributed by atoms with E-state index in [-0.39, 0.29) is 19.1 Å². The van der Waals surface area contributed by atoms with Crippen LogP contribution < -0.4 is 5.32 Å². The number of aliphatic hydroxyl groups excluding tert-OH is 1. The van der Waals surface area contributed by atoms with E-state index in [9.17, 15) is 37.5 Å². The minimum absolute atomic E-state index is 0.118. The number of carbonyl (C=O) groups excluding carboxylic acids is 4. The third-order valence-corrected chi connectivity index (χ3v) is 8.05. The fourth-order valence-electron chi connectivity index (χ4n) is 5.32. The molecule has 51 heavy (non-hydrogen) atoms. The van der Waals surface area contributed by atoms with Crippen molar-refractivity contribution in [1.29, 1.82) is 0 Å². The molecule has 0 aromatic heterocycles. The number of ether oxygens (including phenoxy) is 2. The molecule has 1 atom stereocenters. The topological polar surface area (TPSA) is 119 Å². The van der Waals surface area contributed by atoms with Crippen LogP contribution in [0.15, 0.2) is 114 Å². The van der Waals surface area contributed by atoms with Crippen LogP contribution in [0.4, 0.5) is 18.9 Å². The number of aliphatic hydroxyl groups is 1. The minimum atomic E-state index is -3.56. The van der Waals surface area contributed by atoms with Crippen LogP contribution in [0.25, 0.3) is 0 Å². The Bertz CT molecular complexity index is 1740. The van der Waals surface area contributed by atoms with Gasteiger partial charge in [-0.25, -0.2) is 4.39 Å². The quantitative estimate of drug-likeness (QED) is 0.128. The molecule has 2 aliphatic carbocycles. The summed E-state index contributed by atoms with van der Waals surface area (Å²) in [4.78, 5) is 48.2. The van der Waals surface area contributed by atoms with Crippen LogP contribution in [-0.2, 0) is 30.3 Å². The highest BCUT2D eigenvalue weighted by atomic mass is 19.3. The number of halogens is 3. The Kier molecular flexibility index (Phi) is 15.1. The van der Waals surface area contributed by atoms with E-state index in [4.69, 9.17) is 9.47 Å². The average molecular weight is 706 g/mol. The predicted molar refractivity (Wildman–Crippen MR) is 189 cm³/mol. The SMILES string of the molecule is CCOC(=O)C(CO)(C(=O)OCC)C1=CC=CCC=C1.Cc1cc(CC=O)ccc1NC(=O)c1ccccc1C1C=CC=C(C(F)(F)CF)C=C1. The van der Waals surface area contributed by atoms with Gasteiger partial charge in [-0.3, -0.25) is 14.4 Å². The maximum atomic E-state index is 13.7. The van der Waals surface area contributed by atoms with E-state index in [1.807, 2.05) is 19.1 Å². The average Bonchev–Trinajstić information content (AvgIpc) is 3.56. The number of hydrogen-bond acceptors (Lipinski definition) is 7. The minimum Gasteiger partial charge on any atom is -0.465 e. The molecule has 1 amide bonds. The third kappa shape index (κ3) is 10.1. The first-order valence-corrected chi connectivity index (χ1v) is 16.4. The van der Waals surface area contributed by atoms with Crippen molar-refractivity contribution in [2.24, 2.45) is 5.41 Å². The first kappa shape index (κ1) is 40.1. The zero-order valence-corrected chi connectivity index (χ0v) is 28.7. The van der Waals surface area contributed by atoms with Gasteiger partial charge in [0.05, 0.1) is 19.8 Å². The Morgan fingerprint density at radius 3 is 2.25 bits per heavy atom. The lowest BCUT2D eigenvalue weighted by atomic mass is 9.80. The lowest BCUT2D eigenvalue weighted by Gasteiger charge is -2.28. The van der Waals surface area contributed by atoms with Crippen LogP contribution in [0.3, 0.4) is 0 Å². The number of hydrogen-bond donors (Lipinski definition) is 2. The summed E-state index contributed by atoms with van der Waals surface area (Å²) in [6.45, 7) is 2.88. The van der Waals surface area contributed by atoms with Gasteiger partial charge in [-0.15, -0.1) is 0 Å². The lowest BCUT2D eigenvalue weighted by Crippen LogP contribution is -2.46. The van der Waals surface area contributed by atoms with Gasteiger partial charge in [-0.2, -0.15) is 8.78 Å². The number of benzene rings is 2. The fraction of sp³-hybridized carbons (Fsp3) is 0.300. The highest BCUT2D eigenvalue weighted by Crippen LogP contribution is 2.34. The van der Waals surface area contributed by atoms with E-state index >= 15 is 0 Å². The summed E-state index contributed by atoms with van der Waals surface area (Å²) in [7, 11) is 0. The Labute approximate surface area is 295 Å². The molecule has 11 heteroatoms. The molecule has 0 heterocycles. The number of esters is 2. The monoisotopic (exact) mass is 705 g/mol. The molecule has 270 valence electrons. The number of allylic oxidation sites excluding steroid dienone is 11. The van der Waals surface area contributed by atoms with Gasteiger partial charge in [0.25, 0.3) is 5.91 Å². The van der Waals surface area contributed by atoms with Crippen LogP contribution in [0.1, 0.15) is 53.2 Å². The molecule has 0 aliphatic heterocycles. The molecule has 2 N–H and O–H groups in total. The number of nitrogens with one attached hydrogen (secondary N) is 1. The van der Waals surface area contributed by atoms with Gasteiger partial charge in [-0.1, -0.05) is 91.1 Å². The summed E-state index contributed by atoms with van der Waals surface area (Å²) < 4.78 is 50.0. The van der Waals surface area contributed by atoms with Gasteiger partial charge in [0.2, 0.25) is 5.41 Å². The molecule has 2 aliphatic rings. The van der Waals surface area contributed by atoms with E-state index in [0.29, 0.717) is 35.2 Å². The number of aldehydes is 1. The van der Waals surface area contributed by atoms with E-state index in [0.717, 1.165) is 17.4 Å². The second-order valence-electron chi connectivity index (χ2n) is 11.5. The maximum Gasteiger partial charge on any atom is 0.330 e. The molecule has 0 saturated heterocycles. The van der Waals surface area contributed by atoms with Crippen LogP contribution in [-0.4, -0.2) is 61.7 Å². The van der Waals surface area contributed by atoms with Crippen LogP contribution in [0.2, 0.25) is 0 Å². The van der Waals surface area contributed by atoms with Gasteiger partial charge in [0, 0.05) is 29.2 Å². The summed E-state index contributed by atoms with van der Waals surface area (Å²) in [5.41, 5.74) is 1.46. The fourth-order valence-corrected chi connectivity index (χ4v) is 5.32. The molecule has 0 fully saturated rings. The number of amides is 1. The maximum absolute atomic E-state index is 13.7. The van der Waals surface area contributed by atoms with Crippen molar-refractivity contribution in [3.05, 3.63) is 137 Å². The van der Waals surface area contributed by atoms with E-state index in [2.05, 4.69) is 5.32 Å². The van der Waals surface area contributed by atoms with E-state index in [1.54, 1.807) is 80.6 Å². The van der Waals surface area contributed by atoms with Crippen molar-refractivity contribution >= 4 is 29.8 Å². The summed E-state index contributed by atoms with van der Waals surface area (Å²) in [6.07, 6.45) is 17.5. The summed E-state index contributed by atoms with van der Waals surface area (Å²) >= 11 is 0. The molecular weight excluding hydrogens is 663 g/mol. The lowest BCUT2D eigenvalue weighted by molar-refractivity contribution is -0.171. The normalized spacial score (nSPS) is 15.3. The largest absolute Gasteiger partial charge is 0.465 e. The predicted octanol–water partition coefficient (Wildman–Crippen LogP) is 7.26. The Morgan fingerprint density at radius 2 is 1.63 bits per heavy atom. The van der Waals surface area contributed by atoms with Crippen molar-refractivity contribution in [3.63, 3.8) is 0 Å². The molecule has 0 radical (unpaired) electrons. The van der Waals surface area contributed by atoms with Crippen molar-refractivity contribution in [3.8, 4) is 0 Å². The highest BCUT2D eigenvalue weighted by Gasteiger charge is 2.51. The van der Waals surface area contributed by atoms with Gasteiger partial charge in [0.15, 0.2) is 6.67 Å². The van der Waals surface area contributed by atoms with Crippen LogP contribution >= 0.6 is 0 Å². The summed E-state index contributed by atoms with van der Waals surface area (Å²) in [6, 6.07) is 12.3. The number of aryl methyl sites for hydroxylation is 1. The van der Waals surface area contributed by atoms with Crippen LogP contribution in [0, 0.1) is 12.3 Å². The van der Waals surface area contributed by atoms with Gasteiger partial charge < -0.3 is 24.7 Å². The standard InChI is InChI=1S/C25H22F3NO2.C15H20O5/c1-17-15-18(13-14-30)9-12-23(17)29-24(31)22-8-3-2-7-21(22)19-5-4-6-20(11-10-19)25(27,28)16-26;1-3-19-13(17)15(11-16,14(18)20-4-2)12-9-7-5-6-8-10-12/h2-12,14-15,19H,13,16H2,1H3,(H,29,31);5,7-10,16H,3-4,6,11H2,1-2H3. The van der Waals surface area contributed by atoms with Gasteiger partial charge in [0.1, 0.15) is 6.29 Å².